The van der Waals surface area contributed by atoms with Crippen LogP contribution < -0.4 is 4.74 Å². The number of aliphatic hydroxyl groups is 1. The van der Waals surface area contributed by atoms with Gasteiger partial charge >= 0.3 is 0 Å². The lowest BCUT2D eigenvalue weighted by Crippen LogP contribution is -2.24. The smallest absolute Gasteiger partial charge is 0.269 e. The molecule has 2 rings (SSSR count). The van der Waals surface area contributed by atoms with E-state index in [1.54, 1.807) is 6.92 Å². The maximum absolute atomic E-state index is 13.8. The fraction of sp³-hybridized carbons (Fsp3) is 0.467. The number of hydrogen-bond acceptors (Lipinski definition) is 5. The second kappa shape index (κ2) is 8.09. The Bertz CT molecular complexity index is 668. The molecule has 0 bridgehead atoms. The summed E-state index contributed by atoms with van der Waals surface area (Å²) in [6.07, 6.45) is -6.69. The van der Waals surface area contributed by atoms with Crippen LogP contribution in [0.3, 0.4) is 0 Å². The van der Waals surface area contributed by atoms with Crippen LogP contribution in [0.5, 0.6) is 5.75 Å². The minimum Gasteiger partial charge on any atom is -0.457 e. The minimum absolute atomic E-state index is 0.0980. The summed E-state index contributed by atoms with van der Waals surface area (Å²) < 4.78 is 62.4. The van der Waals surface area contributed by atoms with Crippen molar-refractivity contribution in [1.82, 2.24) is 10.2 Å². The highest BCUT2D eigenvalue weighted by Gasteiger charge is 2.23. The lowest BCUT2D eigenvalue weighted by atomic mass is 10.1. The molecular formula is C15H16F4N2O3. The van der Waals surface area contributed by atoms with Crippen LogP contribution in [0, 0.1) is 12.7 Å². The molecule has 1 heterocycles. The third kappa shape index (κ3) is 4.67. The number of aromatic nitrogens is 2. The molecule has 0 aliphatic rings. The normalized spacial score (nSPS) is 15.1. The van der Waals surface area contributed by atoms with Crippen molar-refractivity contribution >= 4 is 0 Å². The van der Waals surface area contributed by atoms with Gasteiger partial charge in [-0.3, -0.25) is 4.39 Å². The molecule has 24 heavy (non-hydrogen) atoms. The van der Waals surface area contributed by atoms with Crippen LogP contribution in [0.25, 0.3) is 0 Å². The zero-order chi connectivity index (χ0) is 17.7. The average molecular weight is 348 g/mol. The van der Waals surface area contributed by atoms with E-state index in [1.807, 2.05) is 0 Å². The Hall–Kier alpha value is -2.16. The molecule has 2 unspecified atom stereocenters. The Morgan fingerprint density at radius 1 is 1.29 bits per heavy atom. The number of benzene rings is 1. The van der Waals surface area contributed by atoms with Gasteiger partial charge in [-0.15, -0.1) is 10.2 Å². The highest BCUT2D eigenvalue weighted by Crippen LogP contribution is 2.26. The fourth-order valence-electron chi connectivity index (χ4n) is 1.98. The third-order valence-electron chi connectivity index (χ3n) is 3.18. The molecule has 5 nitrogen and oxygen atoms in total. The van der Waals surface area contributed by atoms with Crippen molar-refractivity contribution in [2.24, 2.45) is 0 Å². The predicted molar refractivity (Wildman–Crippen MR) is 75.1 cm³/mol. The van der Waals surface area contributed by atoms with E-state index in [4.69, 9.17) is 9.15 Å². The SMILES string of the molecule is Cc1nnc(C[C@@H](O)c2cc(OC(F)C(F)CCF)ccc2F)o1. The van der Waals surface area contributed by atoms with Gasteiger partial charge < -0.3 is 14.3 Å². The quantitative estimate of drug-likeness (QED) is 0.742. The topological polar surface area (TPSA) is 68.4 Å². The maximum Gasteiger partial charge on any atom is 0.269 e. The van der Waals surface area contributed by atoms with E-state index in [2.05, 4.69) is 10.2 Å². The molecular weight excluding hydrogens is 332 g/mol. The minimum atomic E-state index is -2.39. The summed E-state index contributed by atoms with van der Waals surface area (Å²) in [5.74, 6) is -0.569. The van der Waals surface area contributed by atoms with E-state index < -0.39 is 37.5 Å². The Labute approximate surface area is 135 Å². The summed E-state index contributed by atoms with van der Waals surface area (Å²) in [4.78, 5) is 0. The van der Waals surface area contributed by atoms with Crippen LogP contribution >= 0.6 is 0 Å². The first-order valence-electron chi connectivity index (χ1n) is 7.18. The summed E-state index contributed by atoms with van der Waals surface area (Å²) in [5, 5.41) is 17.3. The van der Waals surface area contributed by atoms with Gasteiger partial charge in [0.2, 0.25) is 11.8 Å². The summed E-state index contributed by atoms with van der Waals surface area (Å²) in [6.45, 7) is 0.534. The number of nitrogens with zero attached hydrogens (tertiary/aromatic N) is 2. The van der Waals surface area contributed by atoms with Crippen molar-refractivity contribution in [1.29, 1.82) is 0 Å². The van der Waals surface area contributed by atoms with E-state index in [0.29, 0.717) is 0 Å². The van der Waals surface area contributed by atoms with Crippen molar-refractivity contribution in [3.8, 4) is 5.75 Å². The largest absolute Gasteiger partial charge is 0.457 e. The number of aliphatic hydroxyl groups excluding tert-OH is 1. The Morgan fingerprint density at radius 2 is 2.04 bits per heavy atom. The van der Waals surface area contributed by atoms with Gasteiger partial charge in [-0.1, -0.05) is 0 Å². The number of rotatable bonds is 8. The summed E-state index contributed by atoms with van der Waals surface area (Å²) >= 11 is 0. The molecule has 0 radical (unpaired) electrons. The average Bonchev–Trinajstić information content (AvgIpc) is 2.94. The van der Waals surface area contributed by atoms with E-state index in [-0.39, 0.29) is 29.5 Å². The van der Waals surface area contributed by atoms with Gasteiger partial charge in [-0.2, -0.15) is 4.39 Å². The van der Waals surface area contributed by atoms with Crippen molar-refractivity contribution in [3.05, 3.63) is 41.4 Å². The summed E-state index contributed by atoms with van der Waals surface area (Å²) in [5.41, 5.74) is -0.198. The monoisotopic (exact) mass is 348 g/mol. The molecule has 1 N–H and O–H groups in total. The fourth-order valence-corrected chi connectivity index (χ4v) is 1.98. The first-order chi connectivity index (χ1) is 11.4. The second-order valence-electron chi connectivity index (χ2n) is 5.08. The third-order valence-corrected chi connectivity index (χ3v) is 3.18. The molecule has 2 aromatic rings. The van der Waals surface area contributed by atoms with Crippen molar-refractivity contribution in [2.45, 2.75) is 38.4 Å². The second-order valence-corrected chi connectivity index (χ2v) is 5.08. The van der Waals surface area contributed by atoms with Crippen LogP contribution in [0.1, 0.15) is 29.9 Å². The van der Waals surface area contributed by atoms with Gasteiger partial charge in [0.15, 0.2) is 6.17 Å². The predicted octanol–water partition coefficient (Wildman–Crippen LogP) is 3.17. The van der Waals surface area contributed by atoms with Gasteiger partial charge in [0, 0.05) is 18.9 Å². The molecule has 0 aliphatic heterocycles. The molecule has 0 saturated heterocycles. The van der Waals surface area contributed by atoms with Crippen LogP contribution in [-0.4, -0.2) is 34.5 Å². The van der Waals surface area contributed by atoms with Crippen LogP contribution in [-0.2, 0) is 6.42 Å². The molecule has 0 spiro atoms. The number of aryl methyl sites for hydroxylation is 1. The first-order valence-corrected chi connectivity index (χ1v) is 7.18. The molecule has 9 heteroatoms. The standard InChI is InChI=1S/C15H16F4N2O3/c1-8-20-21-14(23-8)7-13(22)10-6-9(2-3-11(10)17)24-15(19)12(18)4-5-16/h2-3,6,12-13,15,22H,4-5,7H2,1H3/t12?,13-,15?/m1/s1. The van der Waals surface area contributed by atoms with Crippen molar-refractivity contribution in [3.63, 3.8) is 0 Å². The summed E-state index contributed by atoms with van der Waals surface area (Å²) in [7, 11) is 0. The number of halogens is 4. The van der Waals surface area contributed by atoms with E-state index >= 15 is 0 Å². The van der Waals surface area contributed by atoms with Crippen LogP contribution in [0.4, 0.5) is 17.6 Å². The molecule has 3 atom stereocenters. The first kappa shape index (κ1) is 18.2. The summed E-state index contributed by atoms with van der Waals surface area (Å²) in [6, 6.07) is 3.07. The lowest BCUT2D eigenvalue weighted by molar-refractivity contribution is -0.0114. The van der Waals surface area contributed by atoms with Crippen molar-refractivity contribution < 1.29 is 31.8 Å². The van der Waals surface area contributed by atoms with Gasteiger partial charge in [0.05, 0.1) is 19.2 Å². The molecule has 1 aromatic carbocycles. The highest BCUT2D eigenvalue weighted by atomic mass is 19.2. The number of alkyl halides is 3. The van der Waals surface area contributed by atoms with Crippen molar-refractivity contribution in [2.75, 3.05) is 6.67 Å². The highest BCUT2D eigenvalue weighted by molar-refractivity contribution is 5.31. The molecule has 0 aliphatic carbocycles. The lowest BCUT2D eigenvalue weighted by Gasteiger charge is -2.16. The zero-order valence-electron chi connectivity index (χ0n) is 12.8. The number of ether oxygens (including phenoxy) is 1. The van der Waals surface area contributed by atoms with Crippen LogP contribution in [0.2, 0.25) is 0 Å². The van der Waals surface area contributed by atoms with E-state index in [1.165, 1.54) is 0 Å². The van der Waals surface area contributed by atoms with Gasteiger partial charge in [0.1, 0.15) is 11.6 Å². The molecule has 0 amide bonds. The molecule has 0 fully saturated rings. The zero-order valence-corrected chi connectivity index (χ0v) is 12.8. The van der Waals surface area contributed by atoms with Gasteiger partial charge in [-0.25, -0.2) is 8.78 Å². The molecule has 0 saturated carbocycles. The van der Waals surface area contributed by atoms with Gasteiger partial charge in [0.25, 0.3) is 6.36 Å². The molecule has 132 valence electrons. The van der Waals surface area contributed by atoms with Crippen LogP contribution in [0.15, 0.2) is 22.6 Å². The molecule has 1 aromatic heterocycles. The Morgan fingerprint density at radius 3 is 2.67 bits per heavy atom. The Balaban J connectivity index is 2.09. The Kier molecular flexibility index (Phi) is 6.13. The maximum atomic E-state index is 13.8. The van der Waals surface area contributed by atoms with E-state index in [0.717, 1.165) is 18.2 Å². The van der Waals surface area contributed by atoms with E-state index in [9.17, 15) is 22.7 Å². The number of hydrogen-bond donors (Lipinski definition) is 1. The van der Waals surface area contributed by atoms with Gasteiger partial charge in [-0.05, 0) is 18.2 Å².